The van der Waals surface area contributed by atoms with E-state index in [0.717, 1.165) is 25.9 Å². The van der Waals surface area contributed by atoms with Gasteiger partial charge in [0, 0.05) is 13.1 Å². The van der Waals surface area contributed by atoms with E-state index in [9.17, 15) is 9.59 Å². The average molecular weight is 222 g/mol. The van der Waals surface area contributed by atoms with Crippen LogP contribution in [0.5, 0.6) is 0 Å². The molecule has 1 aliphatic rings. The van der Waals surface area contributed by atoms with Gasteiger partial charge in [0.15, 0.2) is 0 Å². The van der Waals surface area contributed by atoms with E-state index in [4.69, 9.17) is 6.42 Å². The molecule has 0 bridgehead atoms. The number of hydrogen-bond acceptors (Lipinski definition) is 2. The van der Waals surface area contributed by atoms with Crippen molar-refractivity contribution in [3.63, 3.8) is 0 Å². The first-order chi connectivity index (χ1) is 7.63. The quantitative estimate of drug-likeness (QED) is 0.554. The second-order valence-corrected chi connectivity index (χ2v) is 4.22. The van der Waals surface area contributed by atoms with Crippen LogP contribution in [0.15, 0.2) is 0 Å². The third-order valence-electron chi connectivity index (χ3n) is 2.84. The zero-order valence-electron chi connectivity index (χ0n) is 9.66. The minimum absolute atomic E-state index is 0.0872. The van der Waals surface area contributed by atoms with Gasteiger partial charge in [0.05, 0.1) is 6.54 Å². The molecule has 4 heteroatoms. The molecule has 0 aliphatic carbocycles. The maximum Gasteiger partial charge on any atom is 0.232 e. The first kappa shape index (κ1) is 12.6. The van der Waals surface area contributed by atoms with Gasteiger partial charge < -0.3 is 10.2 Å². The number of nitrogens with zero attached hydrogens (tertiary/aromatic N) is 1. The van der Waals surface area contributed by atoms with Gasteiger partial charge in [-0.25, -0.2) is 0 Å². The van der Waals surface area contributed by atoms with Crippen molar-refractivity contribution in [2.24, 2.45) is 5.92 Å². The lowest BCUT2D eigenvalue weighted by Gasteiger charge is -2.30. The van der Waals surface area contributed by atoms with Gasteiger partial charge in [0.2, 0.25) is 11.8 Å². The van der Waals surface area contributed by atoms with Crippen LogP contribution in [0.25, 0.3) is 0 Å². The van der Waals surface area contributed by atoms with E-state index in [1.165, 1.54) is 0 Å². The first-order valence-electron chi connectivity index (χ1n) is 5.61. The molecule has 4 nitrogen and oxygen atoms in total. The number of carbonyl (C=O) groups is 2. The summed E-state index contributed by atoms with van der Waals surface area (Å²) in [4.78, 5) is 24.7. The third kappa shape index (κ3) is 3.93. The van der Waals surface area contributed by atoms with Crippen LogP contribution in [-0.2, 0) is 9.59 Å². The summed E-state index contributed by atoms with van der Waals surface area (Å²) in [7, 11) is 0. The van der Waals surface area contributed by atoms with Crippen LogP contribution in [0.1, 0.15) is 26.2 Å². The van der Waals surface area contributed by atoms with Gasteiger partial charge in [-0.1, -0.05) is 12.8 Å². The Bertz CT molecular complexity index is 299. The molecule has 0 radical (unpaired) electrons. The van der Waals surface area contributed by atoms with E-state index >= 15 is 0 Å². The summed E-state index contributed by atoms with van der Waals surface area (Å²) in [5.74, 6) is 2.59. The van der Waals surface area contributed by atoms with Crippen molar-refractivity contribution in [3.05, 3.63) is 0 Å². The summed E-state index contributed by atoms with van der Waals surface area (Å²) in [6.07, 6.45) is 6.97. The summed E-state index contributed by atoms with van der Waals surface area (Å²) in [6.45, 7) is 3.90. The normalized spacial score (nSPS) is 16.6. The minimum Gasteiger partial charge on any atom is -0.345 e. The Morgan fingerprint density at radius 1 is 1.44 bits per heavy atom. The molecule has 16 heavy (non-hydrogen) atoms. The third-order valence-corrected chi connectivity index (χ3v) is 2.84. The molecule has 1 N–H and O–H groups in total. The van der Waals surface area contributed by atoms with Crippen molar-refractivity contribution in [1.29, 1.82) is 0 Å². The molecule has 0 spiro atoms. The molecule has 0 saturated carbocycles. The number of likely N-dealkylation sites (tertiary alicyclic amines) is 1. The van der Waals surface area contributed by atoms with Crippen LogP contribution >= 0.6 is 0 Å². The maximum absolute atomic E-state index is 11.7. The minimum atomic E-state index is -0.290. The summed E-state index contributed by atoms with van der Waals surface area (Å²) in [5.41, 5.74) is 0. The van der Waals surface area contributed by atoms with Gasteiger partial charge in [0.25, 0.3) is 0 Å². The van der Waals surface area contributed by atoms with E-state index < -0.39 is 0 Å². The lowest BCUT2D eigenvalue weighted by atomic mass is 9.99. The average Bonchev–Trinajstić information content (AvgIpc) is 2.27. The Labute approximate surface area is 96.4 Å². The van der Waals surface area contributed by atoms with Gasteiger partial charge in [-0.05, 0) is 18.8 Å². The van der Waals surface area contributed by atoms with Crippen molar-refractivity contribution >= 4 is 11.8 Å². The first-order valence-corrected chi connectivity index (χ1v) is 5.61. The van der Waals surface area contributed by atoms with Crippen molar-refractivity contribution < 1.29 is 9.59 Å². The summed E-state index contributed by atoms with van der Waals surface area (Å²) >= 11 is 0. The van der Waals surface area contributed by atoms with Crippen molar-refractivity contribution in [1.82, 2.24) is 10.2 Å². The predicted octanol–water partition coefficient (Wildman–Crippen LogP) is 0.384. The molecule has 0 aromatic carbocycles. The Hall–Kier alpha value is -1.50. The molecule has 0 aromatic rings. The molecule has 1 fully saturated rings. The summed E-state index contributed by atoms with van der Waals surface area (Å²) < 4.78 is 0. The van der Waals surface area contributed by atoms with Crippen LogP contribution in [0.3, 0.4) is 0 Å². The standard InChI is InChI=1S/C12H18N2O2/c1-3-6-13-11(15)9-12(16)14-7-4-10(2)5-8-14/h1,10H,4-9H2,2H3,(H,13,15). The molecule has 2 amide bonds. The fourth-order valence-corrected chi connectivity index (χ4v) is 1.72. The van der Waals surface area contributed by atoms with Gasteiger partial charge in [-0.15, -0.1) is 6.42 Å². The van der Waals surface area contributed by atoms with Crippen molar-refractivity contribution in [3.8, 4) is 12.3 Å². The molecular weight excluding hydrogens is 204 g/mol. The van der Waals surface area contributed by atoms with E-state index in [0.29, 0.717) is 5.92 Å². The fraction of sp³-hybridized carbons (Fsp3) is 0.667. The second-order valence-electron chi connectivity index (χ2n) is 4.22. The van der Waals surface area contributed by atoms with E-state index in [2.05, 4.69) is 18.2 Å². The van der Waals surface area contributed by atoms with Crippen LogP contribution in [0, 0.1) is 18.3 Å². The SMILES string of the molecule is C#CCNC(=O)CC(=O)N1CCC(C)CC1. The molecule has 0 unspecified atom stereocenters. The number of carbonyl (C=O) groups excluding carboxylic acids is 2. The summed E-state index contributed by atoms with van der Waals surface area (Å²) in [6, 6.07) is 0. The molecule has 1 aliphatic heterocycles. The highest BCUT2D eigenvalue weighted by Crippen LogP contribution is 2.16. The number of rotatable bonds is 3. The molecule has 1 saturated heterocycles. The largest absolute Gasteiger partial charge is 0.345 e. The highest BCUT2D eigenvalue weighted by Gasteiger charge is 2.21. The monoisotopic (exact) mass is 222 g/mol. The maximum atomic E-state index is 11.7. The van der Waals surface area contributed by atoms with Crippen LogP contribution in [0.4, 0.5) is 0 Å². The van der Waals surface area contributed by atoms with Gasteiger partial charge in [-0.2, -0.15) is 0 Å². The molecule has 88 valence electrons. The molecule has 1 heterocycles. The predicted molar refractivity (Wildman–Crippen MR) is 61.4 cm³/mol. The van der Waals surface area contributed by atoms with E-state index in [1.807, 2.05) is 0 Å². The van der Waals surface area contributed by atoms with Crippen molar-refractivity contribution in [2.45, 2.75) is 26.2 Å². The van der Waals surface area contributed by atoms with Gasteiger partial charge in [0.1, 0.15) is 6.42 Å². The van der Waals surface area contributed by atoms with Crippen LogP contribution < -0.4 is 5.32 Å². The van der Waals surface area contributed by atoms with E-state index in [-0.39, 0.29) is 24.8 Å². The lowest BCUT2D eigenvalue weighted by molar-refractivity contribution is -0.137. The van der Waals surface area contributed by atoms with Crippen LogP contribution in [-0.4, -0.2) is 36.3 Å². The smallest absolute Gasteiger partial charge is 0.232 e. The highest BCUT2D eigenvalue weighted by atomic mass is 16.2. The Balaban J connectivity index is 2.30. The van der Waals surface area contributed by atoms with Gasteiger partial charge >= 0.3 is 0 Å². The zero-order valence-corrected chi connectivity index (χ0v) is 9.66. The van der Waals surface area contributed by atoms with Gasteiger partial charge in [-0.3, -0.25) is 9.59 Å². The second kappa shape index (κ2) is 6.16. The Morgan fingerprint density at radius 3 is 2.62 bits per heavy atom. The number of hydrogen-bond donors (Lipinski definition) is 1. The molecular formula is C12H18N2O2. The molecule has 0 atom stereocenters. The number of piperidine rings is 1. The zero-order chi connectivity index (χ0) is 12.0. The highest BCUT2D eigenvalue weighted by molar-refractivity contribution is 5.96. The van der Waals surface area contributed by atoms with Crippen LogP contribution in [0.2, 0.25) is 0 Å². The fourth-order valence-electron chi connectivity index (χ4n) is 1.72. The lowest BCUT2D eigenvalue weighted by Crippen LogP contribution is -2.40. The molecule has 1 rings (SSSR count). The topological polar surface area (TPSA) is 49.4 Å². The summed E-state index contributed by atoms with van der Waals surface area (Å²) in [5, 5.41) is 2.49. The number of terminal acetylenes is 1. The Morgan fingerprint density at radius 2 is 2.06 bits per heavy atom. The molecule has 0 aromatic heterocycles. The van der Waals surface area contributed by atoms with E-state index in [1.54, 1.807) is 4.90 Å². The Kier molecular flexibility index (Phi) is 4.84. The van der Waals surface area contributed by atoms with Crippen molar-refractivity contribution in [2.75, 3.05) is 19.6 Å². The number of amides is 2. The number of nitrogens with one attached hydrogen (secondary N) is 1.